The van der Waals surface area contributed by atoms with Crippen molar-refractivity contribution in [1.29, 1.82) is 0 Å². The molecular formula is C21H14ClF3N2O3. The quantitative estimate of drug-likeness (QED) is 0.407. The largest absolute Gasteiger partial charge is 0.454 e. The predicted molar refractivity (Wildman–Crippen MR) is 105 cm³/mol. The highest BCUT2D eigenvalue weighted by molar-refractivity contribution is 6.30. The first-order valence-electron chi connectivity index (χ1n) is 8.59. The summed E-state index contributed by atoms with van der Waals surface area (Å²) < 4.78 is 43.7. The molecule has 0 aliphatic heterocycles. The van der Waals surface area contributed by atoms with Crippen molar-refractivity contribution in [3.05, 3.63) is 88.6 Å². The number of carbonyl (C=O) groups excluding carboxylic acids is 2. The van der Waals surface area contributed by atoms with Crippen molar-refractivity contribution < 1.29 is 27.5 Å². The minimum absolute atomic E-state index is 0.000710. The summed E-state index contributed by atoms with van der Waals surface area (Å²) in [6.07, 6.45) is -3.14. The van der Waals surface area contributed by atoms with Gasteiger partial charge in [0.05, 0.1) is 5.56 Å². The average Bonchev–Trinajstić information content (AvgIpc) is 2.72. The molecule has 0 atom stereocenters. The Labute approximate surface area is 174 Å². The highest BCUT2D eigenvalue weighted by Gasteiger charge is 2.30. The summed E-state index contributed by atoms with van der Waals surface area (Å²) in [7, 11) is 0. The Bertz CT molecular complexity index is 1070. The first kappa shape index (κ1) is 21.3. The number of aromatic nitrogens is 1. The van der Waals surface area contributed by atoms with Gasteiger partial charge in [-0.05, 0) is 54.6 Å². The van der Waals surface area contributed by atoms with Crippen LogP contribution < -0.4 is 5.32 Å². The third-order valence-electron chi connectivity index (χ3n) is 3.98. The van der Waals surface area contributed by atoms with Gasteiger partial charge in [0, 0.05) is 22.5 Å². The molecule has 3 rings (SSSR count). The molecule has 154 valence electrons. The summed E-state index contributed by atoms with van der Waals surface area (Å²) in [5.74, 6) is -1.28. The molecule has 3 aromatic rings. The van der Waals surface area contributed by atoms with E-state index < -0.39 is 30.1 Å². The Balaban J connectivity index is 1.72. The molecule has 0 saturated heterocycles. The van der Waals surface area contributed by atoms with Gasteiger partial charge in [-0.25, -0.2) is 9.78 Å². The lowest BCUT2D eigenvalue weighted by atomic mass is 10.1. The van der Waals surface area contributed by atoms with Crippen LogP contribution in [0.1, 0.15) is 26.3 Å². The second-order valence-corrected chi connectivity index (χ2v) is 6.55. The molecular weight excluding hydrogens is 421 g/mol. The predicted octanol–water partition coefficient (Wildman–Crippen LogP) is 5.54. The lowest BCUT2D eigenvalue weighted by Crippen LogP contribution is -2.15. The molecule has 0 radical (unpaired) electrons. The minimum atomic E-state index is -4.51. The molecule has 0 saturated carbocycles. The second kappa shape index (κ2) is 8.96. The monoisotopic (exact) mass is 434 g/mol. The molecule has 0 bridgehead atoms. The van der Waals surface area contributed by atoms with Crippen LogP contribution in [0.25, 0.3) is 0 Å². The van der Waals surface area contributed by atoms with Gasteiger partial charge in [-0.2, -0.15) is 13.2 Å². The standard InChI is InChI=1S/C21H14ClF3N2O3/c22-15-8-6-13(7-9-15)18(28)12-30-20(29)17-5-2-10-26-19(17)27-16-4-1-3-14(11-16)21(23,24)25/h1-11H,12H2,(H,26,27). The van der Waals surface area contributed by atoms with Crippen molar-refractivity contribution in [2.45, 2.75) is 6.18 Å². The number of nitrogens with one attached hydrogen (secondary N) is 1. The summed E-state index contributed by atoms with van der Waals surface area (Å²) >= 11 is 5.77. The molecule has 5 nitrogen and oxygen atoms in total. The second-order valence-electron chi connectivity index (χ2n) is 6.11. The van der Waals surface area contributed by atoms with E-state index in [9.17, 15) is 22.8 Å². The summed E-state index contributed by atoms with van der Waals surface area (Å²) in [6, 6.07) is 13.4. The number of hydrogen-bond acceptors (Lipinski definition) is 5. The number of ketones is 1. The third kappa shape index (κ3) is 5.36. The van der Waals surface area contributed by atoms with E-state index in [1.165, 1.54) is 54.7 Å². The molecule has 0 unspecified atom stereocenters. The summed E-state index contributed by atoms with van der Waals surface area (Å²) in [6.45, 7) is -0.516. The molecule has 1 heterocycles. The molecule has 30 heavy (non-hydrogen) atoms. The van der Waals surface area contributed by atoms with Gasteiger partial charge in [0.15, 0.2) is 12.4 Å². The Morgan fingerprint density at radius 1 is 1.03 bits per heavy atom. The fraction of sp³-hybridized carbons (Fsp3) is 0.0952. The van der Waals surface area contributed by atoms with Gasteiger partial charge in [0.25, 0.3) is 0 Å². The van der Waals surface area contributed by atoms with Crippen molar-refractivity contribution in [2.75, 3.05) is 11.9 Å². The summed E-state index contributed by atoms with van der Waals surface area (Å²) in [4.78, 5) is 28.5. The summed E-state index contributed by atoms with van der Waals surface area (Å²) in [5.41, 5.74) is -0.463. The zero-order chi connectivity index (χ0) is 21.7. The topological polar surface area (TPSA) is 68.3 Å². The Morgan fingerprint density at radius 2 is 1.77 bits per heavy atom. The van der Waals surface area contributed by atoms with Gasteiger partial charge in [0.2, 0.25) is 0 Å². The van der Waals surface area contributed by atoms with Crippen molar-refractivity contribution in [3.8, 4) is 0 Å². The van der Waals surface area contributed by atoms with Crippen LogP contribution in [0.4, 0.5) is 24.7 Å². The number of benzene rings is 2. The van der Waals surface area contributed by atoms with Crippen molar-refractivity contribution in [2.24, 2.45) is 0 Å². The number of anilines is 2. The molecule has 2 aromatic carbocycles. The van der Waals surface area contributed by atoms with E-state index in [0.29, 0.717) is 10.6 Å². The molecule has 0 aliphatic carbocycles. The van der Waals surface area contributed by atoms with Crippen LogP contribution >= 0.6 is 11.6 Å². The number of ether oxygens (including phenoxy) is 1. The number of pyridine rings is 1. The van der Waals surface area contributed by atoms with Crippen molar-refractivity contribution in [1.82, 2.24) is 4.98 Å². The van der Waals surface area contributed by atoms with E-state index in [1.54, 1.807) is 0 Å². The number of esters is 1. The molecule has 9 heteroatoms. The maximum atomic E-state index is 12.9. The number of hydrogen-bond donors (Lipinski definition) is 1. The van der Waals surface area contributed by atoms with E-state index in [0.717, 1.165) is 12.1 Å². The Morgan fingerprint density at radius 3 is 2.47 bits per heavy atom. The molecule has 0 amide bonds. The van der Waals surface area contributed by atoms with Gasteiger partial charge >= 0.3 is 12.1 Å². The zero-order valence-electron chi connectivity index (χ0n) is 15.2. The fourth-order valence-electron chi connectivity index (χ4n) is 2.51. The van der Waals surface area contributed by atoms with Gasteiger partial charge in [-0.1, -0.05) is 17.7 Å². The maximum absolute atomic E-state index is 12.9. The molecule has 1 N–H and O–H groups in total. The maximum Gasteiger partial charge on any atom is 0.416 e. The third-order valence-corrected chi connectivity index (χ3v) is 4.23. The van der Waals surface area contributed by atoms with Crippen LogP contribution in [0.3, 0.4) is 0 Å². The smallest absolute Gasteiger partial charge is 0.416 e. The Kier molecular flexibility index (Phi) is 6.37. The van der Waals surface area contributed by atoms with Crippen molar-refractivity contribution >= 4 is 34.9 Å². The molecule has 0 spiro atoms. The normalized spacial score (nSPS) is 11.1. The number of rotatable bonds is 6. The first-order valence-corrected chi connectivity index (χ1v) is 8.97. The van der Waals surface area contributed by atoms with Gasteiger partial charge in [-0.3, -0.25) is 4.79 Å². The van der Waals surface area contributed by atoms with E-state index in [1.807, 2.05) is 0 Å². The van der Waals surface area contributed by atoms with Gasteiger partial charge < -0.3 is 10.1 Å². The number of carbonyl (C=O) groups is 2. The lowest BCUT2D eigenvalue weighted by Gasteiger charge is -2.12. The Hall–Kier alpha value is -3.39. The number of nitrogens with zero attached hydrogens (tertiary/aromatic N) is 1. The van der Waals surface area contributed by atoms with Gasteiger partial charge in [-0.15, -0.1) is 0 Å². The highest BCUT2D eigenvalue weighted by atomic mass is 35.5. The van der Waals surface area contributed by atoms with Crippen molar-refractivity contribution in [3.63, 3.8) is 0 Å². The van der Waals surface area contributed by atoms with Crippen LogP contribution in [0.2, 0.25) is 5.02 Å². The number of alkyl halides is 3. The molecule has 0 fully saturated rings. The van der Waals surface area contributed by atoms with E-state index in [4.69, 9.17) is 16.3 Å². The molecule has 0 aliphatic rings. The summed E-state index contributed by atoms with van der Waals surface area (Å²) in [5, 5.41) is 3.14. The van der Waals surface area contributed by atoms with Crippen LogP contribution in [-0.4, -0.2) is 23.3 Å². The first-order chi connectivity index (χ1) is 14.2. The lowest BCUT2D eigenvalue weighted by molar-refractivity contribution is -0.137. The fourth-order valence-corrected chi connectivity index (χ4v) is 2.63. The van der Waals surface area contributed by atoms with E-state index in [-0.39, 0.29) is 17.1 Å². The zero-order valence-corrected chi connectivity index (χ0v) is 16.0. The minimum Gasteiger partial charge on any atom is -0.454 e. The van der Waals surface area contributed by atoms with E-state index in [2.05, 4.69) is 10.3 Å². The number of halogens is 4. The van der Waals surface area contributed by atoms with Gasteiger partial charge in [0.1, 0.15) is 11.4 Å². The SMILES string of the molecule is O=C(COC(=O)c1cccnc1Nc1cccc(C(F)(F)F)c1)c1ccc(Cl)cc1. The average molecular weight is 435 g/mol. The number of Topliss-reactive ketones (excluding diaryl/α,β-unsaturated/α-hetero) is 1. The van der Waals surface area contributed by atoms with E-state index >= 15 is 0 Å². The van der Waals surface area contributed by atoms with Crippen LogP contribution in [0.15, 0.2) is 66.9 Å². The van der Waals surface area contributed by atoms with Crippen LogP contribution in [0, 0.1) is 0 Å². The molecule has 1 aromatic heterocycles. The van der Waals surface area contributed by atoms with Crippen LogP contribution in [-0.2, 0) is 10.9 Å². The highest BCUT2D eigenvalue weighted by Crippen LogP contribution is 2.31. The van der Waals surface area contributed by atoms with Crippen LogP contribution in [0.5, 0.6) is 0 Å².